The summed E-state index contributed by atoms with van der Waals surface area (Å²) in [5, 5.41) is 3.53. The summed E-state index contributed by atoms with van der Waals surface area (Å²) < 4.78 is 5.62. The van der Waals surface area contributed by atoms with Crippen molar-refractivity contribution in [3.05, 3.63) is 35.4 Å². The van der Waals surface area contributed by atoms with Gasteiger partial charge in [0.25, 0.3) is 0 Å². The number of benzene rings is 1. The summed E-state index contributed by atoms with van der Waals surface area (Å²) in [4.78, 5) is 2.32. The van der Waals surface area contributed by atoms with Gasteiger partial charge in [-0.2, -0.15) is 0 Å². The molecule has 3 heteroatoms. The van der Waals surface area contributed by atoms with Crippen LogP contribution in [-0.4, -0.2) is 37.7 Å². The van der Waals surface area contributed by atoms with Crippen LogP contribution in [0, 0.1) is 5.92 Å². The van der Waals surface area contributed by atoms with Crippen LogP contribution < -0.4 is 5.32 Å². The predicted molar refractivity (Wildman–Crippen MR) is 90.4 cm³/mol. The monoisotopic (exact) mass is 292 g/mol. The maximum absolute atomic E-state index is 5.62. The van der Waals surface area contributed by atoms with Crippen molar-refractivity contribution in [1.29, 1.82) is 0 Å². The zero-order valence-electron chi connectivity index (χ0n) is 14.4. The van der Waals surface area contributed by atoms with Gasteiger partial charge >= 0.3 is 0 Å². The first-order valence-electron chi connectivity index (χ1n) is 8.06. The molecule has 0 radical (unpaired) electrons. The molecule has 0 atom stereocenters. The summed E-state index contributed by atoms with van der Waals surface area (Å²) >= 11 is 0. The number of nitrogens with zero attached hydrogens (tertiary/aromatic N) is 1. The third-order valence-electron chi connectivity index (χ3n) is 3.35. The second-order valence-corrected chi connectivity index (χ2v) is 6.45. The van der Waals surface area contributed by atoms with Crippen molar-refractivity contribution in [2.24, 2.45) is 5.92 Å². The van der Waals surface area contributed by atoms with E-state index in [0.29, 0.717) is 12.0 Å². The first kappa shape index (κ1) is 18.1. The van der Waals surface area contributed by atoms with Gasteiger partial charge in [-0.05, 0) is 44.5 Å². The van der Waals surface area contributed by atoms with Crippen LogP contribution in [0.2, 0.25) is 0 Å². The maximum atomic E-state index is 5.62. The van der Waals surface area contributed by atoms with Crippen LogP contribution in [0.4, 0.5) is 0 Å². The summed E-state index contributed by atoms with van der Waals surface area (Å²) in [5.74, 6) is 0.688. The van der Waals surface area contributed by atoms with Gasteiger partial charge in [-0.25, -0.2) is 0 Å². The minimum Gasteiger partial charge on any atom is -0.377 e. The van der Waals surface area contributed by atoms with Gasteiger partial charge in [0.15, 0.2) is 0 Å². The average molecular weight is 292 g/mol. The molecule has 1 N–H and O–H groups in total. The van der Waals surface area contributed by atoms with E-state index >= 15 is 0 Å². The Balaban J connectivity index is 2.46. The summed E-state index contributed by atoms with van der Waals surface area (Å²) in [7, 11) is 2.15. The largest absolute Gasteiger partial charge is 0.377 e. The van der Waals surface area contributed by atoms with Gasteiger partial charge in [-0.15, -0.1) is 0 Å². The number of ether oxygens (including phenoxy) is 1. The standard InChI is InChI=1S/C18H32N2O/c1-15(2)12-19-13-17-8-6-7-9-18(17)14-20(5)10-11-21-16(3)4/h6-9,15-16,19H,10-14H2,1-5H3. The highest BCUT2D eigenvalue weighted by Crippen LogP contribution is 2.11. The number of hydrogen-bond donors (Lipinski definition) is 1. The summed E-state index contributed by atoms with van der Waals surface area (Å²) in [6.07, 6.45) is 0.311. The Morgan fingerprint density at radius 3 is 2.38 bits per heavy atom. The molecular weight excluding hydrogens is 260 g/mol. The van der Waals surface area contributed by atoms with E-state index in [9.17, 15) is 0 Å². The molecule has 0 unspecified atom stereocenters. The molecule has 0 aromatic heterocycles. The highest BCUT2D eigenvalue weighted by atomic mass is 16.5. The van der Waals surface area contributed by atoms with Gasteiger partial charge in [0.2, 0.25) is 0 Å². The Morgan fingerprint density at radius 2 is 1.76 bits per heavy atom. The lowest BCUT2D eigenvalue weighted by atomic mass is 10.1. The molecule has 0 saturated heterocycles. The lowest BCUT2D eigenvalue weighted by molar-refractivity contribution is 0.0626. The molecule has 3 nitrogen and oxygen atoms in total. The van der Waals surface area contributed by atoms with Crippen molar-refractivity contribution in [1.82, 2.24) is 10.2 Å². The lowest BCUT2D eigenvalue weighted by Gasteiger charge is -2.20. The van der Waals surface area contributed by atoms with Gasteiger partial charge in [-0.1, -0.05) is 38.1 Å². The van der Waals surface area contributed by atoms with Crippen LogP contribution >= 0.6 is 0 Å². The van der Waals surface area contributed by atoms with Crippen molar-refractivity contribution in [2.45, 2.75) is 46.9 Å². The molecule has 0 heterocycles. The van der Waals surface area contributed by atoms with E-state index in [2.05, 4.69) is 69.2 Å². The fourth-order valence-corrected chi connectivity index (χ4v) is 2.19. The molecule has 0 aliphatic heterocycles. The van der Waals surface area contributed by atoms with Crippen LogP contribution in [0.3, 0.4) is 0 Å². The molecule has 0 saturated carbocycles. The summed E-state index contributed by atoms with van der Waals surface area (Å²) in [5.41, 5.74) is 2.80. The topological polar surface area (TPSA) is 24.5 Å². The Morgan fingerprint density at radius 1 is 1.10 bits per heavy atom. The molecule has 0 fully saturated rings. The normalized spacial score (nSPS) is 11.8. The molecule has 0 spiro atoms. The van der Waals surface area contributed by atoms with E-state index in [1.807, 2.05) is 0 Å². The van der Waals surface area contributed by atoms with Crippen molar-refractivity contribution in [2.75, 3.05) is 26.7 Å². The number of likely N-dealkylation sites (N-methyl/N-ethyl adjacent to an activating group) is 1. The van der Waals surface area contributed by atoms with Gasteiger partial charge in [0.1, 0.15) is 0 Å². The van der Waals surface area contributed by atoms with Crippen LogP contribution in [0.5, 0.6) is 0 Å². The first-order chi connectivity index (χ1) is 9.99. The molecule has 0 aliphatic rings. The predicted octanol–water partition coefficient (Wildman–Crippen LogP) is 3.29. The van der Waals surface area contributed by atoms with Gasteiger partial charge in [0.05, 0.1) is 12.7 Å². The third kappa shape index (κ3) is 8.20. The van der Waals surface area contributed by atoms with Crippen molar-refractivity contribution >= 4 is 0 Å². The fraction of sp³-hybridized carbons (Fsp3) is 0.667. The zero-order valence-corrected chi connectivity index (χ0v) is 14.4. The minimum absolute atomic E-state index is 0.311. The van der Waals surface area contributed by atoms with E-state index in [1.54, 1.807) is 0 Å². The summed E-state index contributed by atoms with van der Waals surface area (Å²) in [6, 6.07) is 8.70. The van der Waals surface area contributed by atoms with Crippen LogP contribution in [0.25, 0.3) is 0 Å². The fourth-order valence-electron chi connectivity index (χ4n) is 2.19. The van der Waals surface area contributed by atoms with Crippen molar-refractivity contribution in [3.8, 4) is 0 Å². The molecule has 0 aliphatic carbocycles. The quantitative estimate of drug-likeness (QED) is 0.716. The van der Waals surface area contributed by atoms with Gasteiger partial charge < -0.3 is 10.1 Å². The van der Waals surface area contributed by atoms with E-state index in [1.165, 1.54) is 11.1 Å². The van der Waals surface area contributed by atoms with Gasteiger partial charge in [-0.3, -0.25) is 4.90 Å². The van der Waals surface area contributed by atoms with Gasteiger partial charge in [0, 0.05) is 19.6 Å². The molecule has 1 aromatic carbocycles. The van der Waals surface area contributed by atoms with E-state index < -0.39 is 0 Å². The van der Waals surface area contributed by atoms with E-state index in [4.69, 9.17) is 4.74 Å². The van der Waals surface area contributed by atoms with E-state index in [0.717, 1.165) is 32.8 Å². The average Bonchev–Trinajstić information content (AvgIpc) is 2.40. The SMILES string of the molecule is CC(C)CNCc1ccccc1CN(C)CCOC(C)C. The molecule has 21 heavy (non-hydrogen) atoms. The highest BCUT2D eigenvalue weighted by molar-refractivity contribution is 5.26. The lowest BCUT2D eigenvalue weighted by Crippen LogP contribution is -2.25. The molecule has 0 bridgehead atoms. The molecule has 1 rings (SSSR count). The minimum atomic E-state index is 0.311. The van der Waals surface area contributed by atoms with E-state index in [-0.39, 0.29) is 0 Å². The number of nitrogens with one attached hydrogen (secondary N) is 1. The molecule has 0 amide bonds. The first-order valence-corrected chi connectivity index (χ1v) is 8.06. The highest BCUT2D eigenvalue weighted by Gasteiger charge is 2.06. The van der Waals surface area contributed by atoms with Crippen molar-refractivity contribution in [3.63, 3.8) is 0 Å². The third-order valence-corrected chi connectivity index (χ3v) is 3.35. The second kappa shape index (κ2) is 9.93. The van der Waals surface area contributed by atoms with Crippen molar-refractivity contribution < 1.29 is 4.74 Å². The number of rotatable bonds is 10. The smallest absolute Gasteiger partial charge is 0.0596 e. The number of hydrogen-bond acceptors (Lipinski definition) is 3. The van der Waals surface area contributed by atoms with Crippen LogP contribution in [0.1, 0.15) is 38.8 Å². The molecular formula is C18H32N2O. The Hall–Kier alpha value is -0.900. The molecule has 1 aromatic rings. The molecule has 120 valence electrons. The zero-order chi connectivity index (χ0) is 15.7. The summed E-state index contributed by atoms with van der Waals surface area (Å²) in [6.45, 7) is 13.4. The Bertz CT molecular complexity index is 391. The Kier molecular flexibility index (Phi) is 8.58. The van der Waals surface area contributed by atoms with Crippen LogP contribution in [0.15, 0.2) is 24.3 Å². The van der Waals surface area contributed by atoms with Crippen LogP contribution in [-0.2, 0) is 17.8 Å². The maximum Gasteiger partial charge on any atom is 0.0596 e. The Labute approximate surface area is 130 Å². The second-order valence-electron chi connectivity index (χ2n) is 6.45.